The zero-order chi connectivity index (χ0) is 14.1. The van der Waals surface area contributed by atoms with Gasteiger partial charge in [-0.05, 0) is 30.9 Å². The van der Waals surface area contributed by atoms with Crippen LogP contribution in [0.5, 0.6) is 0 Å². The van der Waals surface area contributed by atoms with E-state index < -0.39 is 11.6 Å². The van der Waals surface area contributed by atoms with Gasteiger partial charge in [0.1, 0.15) is 11.6 Å². The van der Waals surface area contributed by atoms with E-state index in [1.54, 1.807) is 0 Å². The summed E-state index contributed by atoms with van der Waals surface area (Å²) in [6.45, 7) is 0. The molecule has 0 aliphatic heterocycles. The Morgan fingerprint density at radius 1 is 1.30 bits per heavy atom. The molecule has 1 saturated carbocycles. The molecule has 1 aromatic heterocycles. The highest BCUT2D eigenvalue weighted by molar-refractivity contribution is 5.21. The molecule has 4 nitrogen and oxygen atoms in total. The Hall–Kier alpha value is -1.82. The van der Waals surface area contributed by atoms with E-state index in [-0.39, 0.29) is 18.4 Å². The molecule has 20 heavy (non-hydrogen) atoms. The summed E-state index contributed by atoms with van der Waals surface area (Å²) >= 11 is 0. The highest BCUT2D eigenvalue weighted by Gasteiger charge is 2.27. The summed E-state index contributed by atoms with van der Waals surface area (Å²) in [6.07, 6.45) is 2.92. The average Bonchev–Trinajstić information content (AvgIpc) is 3.02. The lowest BCUT2D eigenvalue weighted by molar-refractivity contribution is 0.349. The van der Waals surface area contributed by atoms with Crippen LogP contribution < -0.4 is 5.73 Å². The molecule has 1 fully saturated rings. The molecule has 0 saturated heterocycles. The molecule has 3 rings (SSSR count). The molecule has 2 aromatic rings. The summed E-state index contributed by atoms with van der Waals surface area (Å²) in [5.74, 6) is -0.0232. The van der Waals surface area contributed by atoms with Crippen LogP contribution in [0.2, 0.25) is 0 Å². The maximum atomic E-state index is 13.6. The monoisotopic (exact) mass is 279 g/mol. The molecule has 1 aliphatic carbocycles. The summed E-state index contributed by atoms with van der Waals surface area (Å²) in [6, 6.07) is 3.65. The first-order valence-electron chi connectivity index (χ1n) is 6.64. The number of hydrogen-bond acceptors (Lipinski definition) is 4. The van der Waals surface area contributed by atoms with Crippen molar-refractivity contribution in [2.24, 2.45) is 5.73 Å². The van der Waals surface area contributed by atoms with E-state index in [1.165, 1.54) is 12.1 Å². The molecule has 1 aliphatic rings. The Morgan fingerprint density at radius 3 is 2.85 bits per heavy atom. The first-order valence-corrected chi connectivity index (χ1v) is 6.64. The van der Waals surface area contributed by atoms with E-state index in [4.69, 9.17) is 10.3 Å². The minimum Gasteiger partial charge on any atom is -0.339 e. The Morgan fingerprint density at radius 2 is 2.15 bits per heavy atom. The van der Waals surface area contributed by atoms with Crippen molar-refractivity contribution in [1.82, 2.24) is 10.1 Å². The zero-order valence-corrected chi connectivity index (χ0v) is 10.9. The lowest BCUT2D eigenvalue weighted by Crippen LogP contribution is -2.14. The highest BCUT2D eigenvalue weighted by Crippen LogP contribution is 2.32. The molecule has 2 N–H and O–H groups in total. The van der Waals surface area contributed by atoms with E-state index in [9.17, 15) is 8.78 Å². The third kappa shape index (κ3) is 2.70. The lowest BCUT2D eigenvalue weighted by Gasteiger charge is -2.01. The number of hydrogen-bond donors (Lipinski definition) is 1. The minimum atomic E-state index is -0.598. The van der Waals surface area contributed by atoms with Crippen molar-refractivity contribution < 1.29 is 13.3 Å². The SMILES string of the molecule is NC1CCC(c2nc(Cc3ccc(F)cc3F)no2)C1. The van der Waals surface area contributed by atoms with E-state index >= 15 is 0 Å². The summed E-state index contributed by atoms with van der Waals surface area (Å²) in [5, 5.41) is 3.86. The van der Waals surface area contributed by atoms with Crippen molar-refractivity contribution in [1.29, 1.82) is 0 Å². The quantitative estimate of drug-likeness (QED) is 0.937. The number of nitrogens with two attached hydrogens (primary N) is 1. The summed E-state index contributed by atoms with van der Waals surface area (Å²) < 4.78 is 31.6. The second kappa shape index (κ2) is 5.28. The molecule has 1 aromatic carbocycles. The molecule has 106 valence electrons. The van der Waals surface area contributed by atoms with Gasteiger partial charge in [-0.15, -0.1) is 0 Å². The van der Waals surface area contributed by atoms with Gasteiger partial charge in [-0.3, -0.25) is 0 Å². The Kier molecular flexibility index (Phi) is 3.48. The molecule has 0 spiro atoms. The fraction of sp³-hybridized carbons (Fsp3) is 0.429. The van der Waals surface area contributed by atoms with Crippen LogP contribution in [0.3, 0.4) is 0 Å². The van der Waals surface area contributed by atoms with Crippen molar-refractivity contribution in [2.45, 2.75) is 37.6 Å². The van der Waals surface area contributed by atoms with Gasteiger partial charge in [0, 0.05) is 24.4 Å². The standard InChI is InChI=1S/C14H15F2N3O/c15-10-3-1-8(12(16)7-10)6-13-18-14(20-19-13)9-2-4-11(17)5-9/h1,3,7,9,11H,2,4-6,17H2. The predicted octanol–water partition coefficient (Wildman–Crippen LogP) is 2.53. The van der Waals surface area contributed by atoms with Crippen molar-refractivity contribution in [2.75, 3.05) is 0 Å². The highest BCUT2D eigenvalue weighted by atomic mass is 19.1. The molecule has 2 atom stereocenters. The van der Waals surface area contributed by atoms with Crippen LogP contribution >= 0.6 is 0 Å². The molecule has 0 bridgehead atoms. The number of benzene rings is 1. The van der Waals surface area contributed by atoms with Gasteiger partial charge in [0.05, 0.1) is 0 Å². The zero-order valence-electron chi connectivity index (χ0n) is 10.9. The average molecular weight is 279 g/mol. The fourth-order valence-corrected chi connectivity index (χ4v) is 2.58. The van der Waals surface area contributed by atoms with Gasteiger partial charge < -0.3 is 10.3 Å². The van der Waals surface area contributed by atoms with Crippen molar-refractivity contribution in [3.63, 3.8) is 0 Å². The molecular formula is C14H15F2N3O. The number of aromatic nitrogens is 2. The van der Waals surface area contributed by atoms with Crippen LogP contribution in [0.4, 0.5) is 8.78 Å². The van der Waals surface area contributed by atoms with Crippen molar-refractivity contribution in [3.8, 4) is 0 Å². The summed E-state index contributed by atoms with van der Waals surface area (Å²) in [4.78, 5) is 4.29. The minimum absolute atomic E-state index is 0.185. The number of halogens is 2. The third-order valence-electron chi connectivity index (χ3n) is 3.67. The first kappa shape index (κ1) is 13.2. The summed E-state index contributed by atoms with van der Waals surface area (Å²) in [5.41, 5.74) is 6.20. The van der Waals surface area contributed by atoms with Crippen molar-refractivity contribution in [3.05, 3.63) is 47.1 Å². The molecular weight excluding hydrogens is 264 g/mol. The van der Waals surface area contributed by atoms with Gasteiger partial charge in [0.2, 0.25) is 5.89 Å². The van der Waals surface area contributed by atoms with Crippen LogP contribution in [-0.2, 0) is 6.42 Å². The molecule has 0 radical (unpaired) electrons. The van der Waals surface area contributed by atoms with E-state index in [0.717, 1.165) is 25.3 Å². The van der Waals surface area contributed by atoms with Gasteiger partial charge in [0.15, 0.2) is 5.82 Å². The molecule has 2 unspecified atom stereocenters. The number of nitrogens with zero attached hydrogens (tertiary/aromatic N) is 2. The molecule has 1 heterocycles. The fourth-order valence-electron chi connectivity index (χ4n) is 2.58. The largest absolute Gasteiger partial charge is 0.339 e. The van der Waals surface area contributed by atoms with Crippen LogP contribution in [0, 0.1) is 11.6 Å². The second-order valence-corrected chi connectivity index (χ2v) is 5.23. The topological polar surface area (TPSA) is 64.9 Å². The number of rotatable bonds is 3. The van der Waals surface area contributed by atoms with Crippen LogP contribution in [-0.4, -0.2) is 16.2 Å². The van der Waals surface area contributed by atoms with Gasteiger partial charge in [0.25, 0.3) is 0 Å². The lowest BCUT2D eigenvalue weighted by atomic mass is 10.1. The third-order valence-corrected chi connectivity index (χ3v) is 3.67. The Balaban J connectivity index is 1.74. The predicted molar refractivity (Wildman–Crippen MR) is 68.0 cm³/mol. The first-order chi connectivity index (χ1) is 9.61. The van der Waals surface area contributed by atoms with Crippen LogP contribution in [0.15, 0.2) is 22.7 Å². The van der Waals surface area contributed by atoms with Crippen LogP contribution in [0.1, 0.15) is 42.5 Å². The smallest absolute Gasteiger partial charge is 0.229 e. The van der Waals surface area contributed by atoms with Gasteiger partial charge in [-0.25, -0.2) is 8.78 Å². The molecule has 6 heteroatoms. The van der Waals surface area contributed by atoms with Gasteiger partial charge in [-0.1, -0.05) is 11.2 Å². The van der Waals surface area contributed by atoms with Gasteiger partial charge >= 0.3 is 0 Å². The maximum Gasteiger partial charge on any atom is 0.229 e. The van der Waals surface area contributed by atoms with E-state index in [1.807, 2.05) is 0 Å². The second-order valence-electron chi connectivity index (χ2n) is 5.23. The van der Waals surface area contributed by atoms with Crippen LogP contribution in [0.25, 0.3) is 0 Å². The van der Waals surface area contributed by atoms with E-state index in [2.05, 4.69) is 10.1 Å². The normalized spacial score (nSPS) is 22.4. The van der Waals surface area contributed by atoms with E-state index in [0.29, 0.717) is 17.3 Å². The maximum absolute atomic E-state index is 13.6. The van der Waals surface area contributed by atoms with Gasteiger partial charge in [-0.2, -0.15) is 4.98 Å². The summed E-state index contributed by atoms with van der Waals surface area (Å²) in [7, 11) is 0. The van der Waals surface area contributed by atoms with Crippen molar-refractivity contribution >= 4 is 0 Å². The Labute approximate surface area is 115 Å². The Bertz CT molecular complexity index is 614. The molecule has 0 amide bonds.